The fraction of sp³-hybridized carbons (Fsp3) is 0.615. The number of carbonyl (C=O) groups excluding carboxylic acids is 1. The van der Waals surface area contributed by atoms with Crippen LogP contribution in [0.5, 0.6) is 0 Å². The van der Waals surface area contributed by atoms with Gasteiger partial charge in [0.15, 0.2) is 0 Å². The summed E-state index contributed by atoms with van der Waals surface area (Å²) in [6.45, 7) is 0.786. The Hall–Kier alpha value is -0.540. The summed E-state index contributed by atoms with van der Waals surface area (Å²) in [6, 6.07) is 2.60. The SMILES string of the molecule is O=C(CCCCCl)N(Cc1ccsc1)C1CC1. The highest BCUT2D eigenvalue weighted by Crippen LogP contribution is 2.29. The summed E-state index contributed by atoms with van der Waals surface area (Å²) in [6.07, 6.45) is 4.84. The average Bonchev–Trinajstić information content (AvgIpc) is 3.03. The predicted octanol–water partition coefficient (Wildman–Crippen LogP) is 3.65. The number of hydrogen-bond donors (Lipinski definition) is 0. The van der Waals surface area contributed by atoms with E-state index in [9.17, 15) is 4.79 Å². The number of thiophene rings is 1. The second kappa shape index (κ2) is 6.41. The zero-order chi connectivity index (χ0) is 12.1. The minimum Gasteiger partial charge on any atom is -0.335 e. The van der Waals surface area contributed by atoms with Gasteiger partial charge in [-0.3, -0.25) is 4.79 Å². The van der Waals surface area contributed by atoms with Crippen molar-refractivity contribution < 1.29 is 4.79 Å². The maximum absolute atomic E-state index is 12.1. The van der Waals surface area contributed by atoms with Crippen molar-refractivity contribution in [1.29, 1.82) is 0 Å². The molecule has 1 amide bonds. The first kappa shape index (κ1) is 12.9. The lowest BCUT2D eigenvalue weighted by Crippen LogP contribution is -2.32. The predicted molar refractivity (Wildman–Crippen MR) is 72.5 cm³/mol. The molecule has 94 valence electrons. The summed E-state index contributed by atoms with van der Waals surface area (Å²) in [5.74, 6) is 0.949. The summed E-state index contributed by atoms with van der Waals surface area (Å²) in [4.78, 5) is 14.2. The lowest BCUT2D eigenvalue weighted by molar-refractivity contribution is -0.132. The minimum absolute atomic E-state index is 0.295. The Balaban J connectivity index is 1.86. The largest absolute Gasteiger partial charge is 0.335 e. The second-order valence-corrected chi connectivity index (χ2v) is 5.69. The molecule has 1 aromatic rings. The van der Waals surface area contributed by atoms with Gasteiger partial charge in [0.2, 0.25) is 5.91 Å². The maximum Gasteiger partial charge on any atom is 0.223 e. The van der Waals surface area contributed by atoms with Gasteiger partial charge in [-0.15, -0.1) is 11.6 Å². The summed E-state index contributed by atoms with van der Waals surface area (Å²) in [5, 5.41) is 4.19. The average molecular weight is 272 g/mol. The lowest BCUT2D eigenvalue weighted by atomic mass is 10.2. The molecule has 4 heteroatoms. The number of rotatable bonds is 7. The minimum atomic E-state index is 0.295. The van der Waals surface area contributed by atoms with E-state index in [0.717, 1.165) is 19.4 Å². The van der Waals surface area contributed by atoms with Crippen LogP contribution in [0.2, 0.25) is 0 Å². The van der Waals surface area contributed by atoms with Crippen LogP contribution in [0.1, 0.15) is 37.7 Å². The maximum atomic E-state index is 12.1. The van der Waals surface area contributed by atoms with E-state index in [1.807, 2.05) is 0 Å². The van der Waals surface area contributed by atoms with Crippen LogP contribution < -0.4 is 0 Å². The zero-order valence-electron chi connectivity index (χ0n) is 9.90. The number of halogens is 1. The normalized spacial score (nSPS) is 14.9. The highest BCUT2D eigenvalue weighted by molar-refractivity contribution is 7.07. The topological polar surface area (TPSA) is 20.3 Å². The Kier molecular flexibility index (Phi) is 4.86. The van der Waals surface area contributed by atoms with Crippen molar-refractivity contribution in [3.8, 4) is 0 Å². The van der Waals surface area contributed by atoms with Gasteiger partial charge in [0, 0.05) is 24.9 Å². The first-order valence-corrected chi connectivity index (χ1v) is 7.65. The molecule has 0 aliphatic heterocycles. The van der Waals surface area contributed by atoms with E-state index in [2.05, 4.69) is 21.7 Å². The molecule has 1 aliphatic carbocycles. The number of unbranched alkanes of at least 4 members (excludes halogenated alkanes) is 1. The van der Waals surface area contributed by atoms with Gasteiger partial charge >= 0.3 is 0 Å². The molecule has 2 rings (SSSR count). The van der Waals surface area contributed by atoms with Crippen LogP contribution in [0.4, 0.5) is 0 Å². The van der Waals surface area contributed by atoms with Gasteiger partial charge in [0.25, 0.3) is 0 Å². The van der Waals surface area contributed by atoms with Crippen LogP contribution in [-0.2, 0) is 11.3 Å². The van der Waals surface area contributed by atoms with Crippen molar-refractivity contribution in [2.75, 3.05) is 5.88 Å². The van der Waals surface area contributed by atoms with Gasteiger partial charge in [-0.2, -0.15) is 11.3 Å². The summed E-state index contributed by atoms with van der Waals surface area (Å²) in [7, 11) is 0. The first-order valence-electron chi connectivity index (χ1n) is 6.18. The monoisotopic (exact) mass is 271 g/mol. The van der Waals surface area contributed by atoms with Crippen molar-refractivity contribution in [2.45, 2.75) is 44.7 Å². The molecular formula is C13H18ClNOS. The third-order valence-corrected chi connectivity index (χ3v) is 4.01. The van der Waals surface area contributed by atoms with Crippen LogP contribution in [0.25, 0.3) is 0 Å². The van der Waals surface area contributed by atoms with Crippen molar-refractivity contribution >= 4 is 28.8 Å². The van der Waals surface area contributed by atoms with E-state index in [-0.39, 0.29) is 0 Å². The summed E-state index contributed by atoms with van der Waals surface area (Å²) >= 11 is 7.32. The van der Waals surface area contributed by atoms with Crippen LogP contribution in [0.15, 0.2) is 16.8 Å². The lowest BCUT2D eigenvalue weighted by Gasteiger charge is -2.22. The van der Waals surface area contributed by atoms with E-state index >= 15 is 0 Å². The van der Waals surface area contributed by atoms with Crippen LogP contribution in [0, 0.1) is 0 Å². The standard InChI is InChI=1S/C13H18ClNOS/c14-7-2-1-3-13(16)15(12-4-5-12)9-11-6-8-17-10-11/h6,8,10,12H,1-5,7,9H2. The van der Waals surface area contributed by atoms with Gasteiger partial charge in [-0.25, -0.2) is 0 Å². The highest BCUT2D eigenvalue weighted by atomic mass is 35.5. The molecule has 0 atom stereocenters. The molecule has 0 N–H and O–H groups in total. The van der Waals surface area contributed by atoms with E-state index in [4.69, 9.17) is 11.6 Å². The number of amides is 1. The molecule has 17 heavy (non-hydrogen) atoms. The van der Waals surface area contributed by atoms with E-state index in [1.165, 1.54) is 18.4 Å². The number of nitrogens with zero attached hydrogens (tertiary/aromatic N) is 1. The molecule has 0 unspecified atom stereocenters. The number of hydrogen-bond acceptors (Lipinski definition) is 2. The van der Waals surface area contributed by atoms with Crippen LogP contribution in [-0.4, -0.2) is 22.7 Å². The Bertz CT molecular complexity index is 348. The third-order valence-electron chi connectivity index (χ3n) is 3.02. The van der Waals surface area contributed by atoms with Gasteiger partial charge in [-0.1, -0.05) is 0 Å². The summed E-state index contributed by atoms with van der Waals surface area (Å²) in [5.41, 5.74) is 1.26. The molecule has 0 spiro atoms. The second-order valence-electron chi connectivity index (χ2n) is 4.53. The smallest absolute Gasteiger partial charge is 0.223 e. The third kappa shape index (κ3) is 4.00. The number of alkyl halides is 1. The van der Waals surface area contributed by atoms with Crippen molar-refractivity contribution in [3.05, 3.63) is 22.4 Å². The van der Waals surface area contributed by atoms with Crippen LogP contribution >= 0.6 is 22.9 Å². The molecule has 0 bridgehead atoms. The number of carbonyl (C=O) groups is 1. The molecule has 1 heterocycles. The van der Waals surface area contributed by atoms with Crippen molar-refractivity contribution in [2.24, 2.45) is 0 Å². The van der Waals surface area contributed by atoms with E-state index in [0.29, 0.717) is 24.2 Å². The fourth-order valence-electron chi connectivity index (χ4n) is 1.90. The Morgan fingerprint density at radius 3 is 2.88 bits per heavy atom. The molecule has 1 fully saturated rings. The van der Waals surface area contributed by atoms with Gasteiger partial charge in [-0.05, 0) is 48.1 Å². The fourth-order valence-corrected chi connectivity index (χ4v) is 2.75. The highest BCUT2D eigenvalue weighted by Gasteiger charge is 2.32. The quantitative estimate of drug-likeness (QED) is 0.548. The van der Waals surface area contributed by atoms with Crippen molar-refractivity contribution in [3.63, 3.8) is 0 Å². The van der Waals surface area contributed by atoms with Gasteiger partial charge in [0.05, 0.1) is 0 Å². The molecule has 1 saturated carbocycles. The van der Waals surface area contributed by atoms with Crippen LogP contribution in [0.3, 0.4) is 0 Å². The molecular weight excluding hydrogens is 254 g/mol. The molecule has 0 saturated heterocycles. The Labute approximate surface area is 112 Å². The Morgan fingerprint density at radius 2 is 2.29 bits per heavy atom. The molecule has 0 aromatic carbocycles. The van der Waals surface area contributed by atoms with Gasteiger partial charge in [0.1, 0.15) is 0 Å². The van der Waals surface area contributed by atoms with E-state index < -0.39 is 0 Å². The molecule has 2 nitrogen and oxygen atoms in total. The van der Waals surface area contributed by atoms with Gasteiger partial charge < -0.3 is 4.90 Å². The molecule has 1 aliphatic rings. The Morgan fingerprint density at radius 1 is 1.47 bits per heavy atom. The zero-order valence-corrected chi connectivity index (χ0v) is 11.5. The summed E-state index contributed by atoms with van der Waals surface area (Å²) < 4.78 is 0. The van der Waals surface area contributed by atoms with Crippen molar-refractivity contribution in [1.82, 2.24) is 4.90 Å². The first-order chi connectivity index (χ1) is 8.31. The van der Waals surface area contributed by atoms with E-state index in [1.54, 1.807) is 11.3 Å². The molecule has 0 radical (unpaired) electrons. The molecule has 1 aromatic heterocycles.